The number of esters is 1. The van der Waals surface area contributed by atoms with E-state index in [1.165, 1.54) is 0 Å². The first kappa shape index (κ1) is 23.1. The fourth-order valence-corrected chi connectivity index (χ4v) is 4.42. The Morgan fingerprint density at radius 3 is 2.27 bits per heavy atom. The molecule has 1 aliphatic heterocycles. The van der Waals surface area contributed by atoms with Crippen LogP contribution in [-0.4, -0.2) is 45.2 Å². The van der Waals surface area contributed by atoms with Crippen molar-refractivity contribution in [2.24, 2.45) is 0 Å². The number of carbonyl (C=O) groups is 2. The van der Waals surface area contributed by atoms with Crippen LogP contribution < -0.4 is 0 Å². The minimum Gasteiger partial charge on any atom is -0.461 e. The summed E-state index contributed by atoms with van der Waals surface area (Å²) in [5.41, 5.74) is 2.66. The van der Waals surface area contributed by atoms with Crippen LogP contribution in [0.4, 0.5) is 0 Å². The van der Waals surface area contributed by atoms with E-state index in [0.717, 1.165) is 0 Å². The highest BCUT2D eigenvalue weighted by Gasteiger charge is 2.28. The molecule has 170 valence electrons. The number of halogens is 2. The summed E-state index contributed by atoms with van der Waals surface area (Å²) >= 11 is 12.5. The normalized spacial score (nSPS) is 17.4. The molecule has 0 spiro atoms. The van der Waals surface area contributed by atoms with Gasteiger partial charge in [-0.05, 0) is 69.3 Å². The second-order valence-corrected chi connectivity index (χ2v) is 8.64. The molecule has 8 heteroatoms. The van der Waals surface area contributed by atoms with E-state index in [-0.39, 0.29) is 30.3 Å². The number of rotatable bonds is 5. The molecule has 3 aromatic rings. The van der Waals surface area contributed by atoms with Crippen LogP contribution in [0, 0.1) is 0 Å². The van der Waals surface area contributed by atoms with Crippen LogP contribution in [0.1, 0.15) is 41.6 Å². The van der Waals surface area contributed by atoms with Crippen LogP contribution >= 0.6 is 23.2 Å². The smallest absolute Gasteiger partial charge is 0.358 e. The van der Waals surface area contributed by atoms with Crippen LogP contribution in [0.15, 0.2) is 60.7 Å². The van der Waals surface area contributed by atoms with Crippen LogP contribution in [0.5, 0.6) is 0 Å². The first-order chi connectivity index (χ1) is 15.8. The van der Waals surface area contributed by atoms with E-state index in [2.05, 4.69) is 5.10 Å². The van der Waals surface area contributed by atoms with Crippen LogP contribution in [0.2, 0.25) is 10.0 Å². The molecular weight excluding hydrogens is 461 g/mol. The third-order valence-corrected chi connectivity index (χ3v) is 6.09. The van der Waals surface area contributed by atoms with Gasteiger partial charge in [-0.25, -0.2) is 9.48 Å². The summed E-state index contributed by atoms with van der Waals surface area (Å²) in [6, 6.07) is 13.9. The molecule has 2 aromatic carbocycles. The lowest BCUT2D eigenvalue weighted by Crippen LogP contribution is -2.39. The Hall–Kier alpha value is -3.09. The summed E-state index contributed by atoms with van der Waals surface area (Å²) in [6.07, 6.45) is 4.06. The first-order valence-electron chi connectivity index (χ1n) is 10.6. The largest absolute Gasteiger partial charge is 0.461 e. The molecule has 2 heterocycles. The highest BCUT2D eigenvalue weighted by atomic mass is 35.5. The zero-order valence-corrected chi connectivity index (χ0v) is 20.0. The Morgan fingerprint density at radius 2 is 1.67 bits per heavy atom. The maximum absolute atomic E-state index is 13.0. The molecule has 2 atom stereocenters. The van der Waals surface area contributed by atoms with Gasteiger partial charge in [-0.15, -0.1) is 0 Å². The number of amides is 1. The molecule has 0 fully saturated rings. The fourth-order valence-electron chi connectivity index (χ4n) is 3.91. The molecule has 0 saturated heterocycles. The SMILES string of the molecule is CCOC(=O)c1cc(-c2ccc(Cl)cc2Cl)n(-c2ccc(C(=O)N3[C@@H](C)C=C[C@@H]3C)cc2)n1. The Kier molecular flexibility index (Phi) is 6.58. The predicted octanol–water partition coefficient (Wildman–Crippen LogP) is 5.81. The van der Waals surface area contributed by atoms with Crippen molar-refractivity contribution in [1.82, 2.24) is 14.7 Å². The molecule has 1 amide bonds. The van der Waals surface area contributed by atoms with Crippen molar-refractivity contribution < 1.29 is 14.3 Å². The molecule has 0 bridgehead atoms. The van der Waals surface area contributed by atoms with E-state index in [0.29, 0.717) is 32.6 Å². The van der Waals surface area contributed by atoms with Crippen molar-refractivity contribution in [3.8, 4) is 16.9 Å². The molecule has 0 aliphatic carbocycles. The molecule has 1 aromatic heterocycles. The summed E-state index contributed by atoms with van der Waals surface area (Å²) in [5.74, 6) is -0.570. The maximum atomic E-state index is 13.0. The molecular formula is C25H23Cl2N3O3. The van der Waals surface area contributed by atoms with Gasteiger partial charge in [0.2, 0.25) is 0 Å². The standard InChI is InChI=1S/C25H23Cl2N3O3/c1-4-33-25(32)22-14-23(20-12-9-18(26)13-21(20)27)30(28-22)19-10-7-17(8-11-19)24(31)29-15(2)5-6-16(29)3/h5-16H,4H2,1-3H3/t15-,16-/m0/s1. The van der Waals surface area contributed by atoms with Gasteiger partial charge in [-0.2, -0.15) is 5.10 Å². The van der Waals surface area contributed by atoms with Crippen molar-refractivity contribution in [2.75, 3.05) is 6.61 Å². The van der Waals surface area contributed by atoms with Gasteiger partial charge in [0, 0.05) is 28.2 Å². The topological polar surface area (TPSA) is 64.4 Å². The monoisotopic (exact) mass is 483 g/mol. The average Bonchev–Trinajstić information content (AvgIpc) is 3.37. The zero-order chi connectivity index (χ0) is 23.7. The van der Waals surface area contributed by atoms with E-state index in [1.54, 1.807) is 60.1 Å². The van der Waals surface area contributed by atoms with Gasteiger partial charge >= 0.3 is 5.97 Å². The predicted molar refractivity (Wildman–Crippen MR) is 129 cm³/mol. The van der Waals surface area contributed by atoms with Crippen LogP contribution in [0.25, 0.3) is 16.9 Å². The van der Waals surface area contributed by atoms with E-state index in [9.17, 15) is 9.59 Å². The Labute approximate surface area is 202 Å². The lowest BCUT2D eigenvalue weighted by molar-refractivity contribution is 0.0518. The first-order valence-corrected chi connectivity index (χ1v) is 11.4. The van der Waals surface area contributed by atoms with Crippen LogP contribution in [0.3, 0.4) is 0 Å². The summed E-state index contributed by atoms with van der Waals surface area (Å²) in [4.78, 5) is 27.2. The van der Waals surface area contributed by atoms with Gasteiger partial charge in [0.25, 0.3) is 5.91 Å². The van der Waals surface area contributed by atoms with E-state index >= 15 is 0 Å². The highest BCUT2D eigenvalue weighted by Crippen LogP contribution is 2.33. The fraction of sp³-hybridized carbons (Fsp3) is 0.240. The van der Waals surface area contributed by atoms with E-state index < -0.39 is 5.97 Å². The Balaban J connectivity index is 1.73. The van der Waals surface area contributed by atoms with Gasteiger partial charge < -0.3 is 9.64 Å². The van der Waals surface area contributed by atoms with Crippen molar-refractivity contribution in [3.63, 3.8) is 0 Å². The molecule has 0 N–H and O–H groups in total. The van der Waals surface area contributed by atoms with Crippen molar-refractivity contribution in [3.05, 3.63) is 82.0 Å². The zero-order valence-electron chi connectivity index (χ0n) is 18.5. The maximum Gasteiger partial charge on any atom is 0.358 e. The number of hydrogen-bond donors (Lipinski definition) is 0. The number of aromatic nitrogens is 2. The quantitative estimate of drug-likeness (QED) is 0.339. The van der Waals surface area contributed by atoms with Gasteiger partial charge in [0.1, 0.15) is 0 Å². The molecule has 0 unspecified atom stereocenters. The molecule has 4 rings (SSSR count). The van der Waals surface area contributed by atoms with Crippen LogP contribution in [-0.2, 0) is 4.74 Å². The highest BCUT2D eigenvalue weighted by molar-refractivity contribution is 6.36. The minimum atomic E-state index is -0.529. The van der Waals surface area contributed by atoms with E-state index in [1.807, 2.05) is 30.9 Å². The summed E-state index contributed by atoms with van der Waals surface area (Å²) in [5, 5.41) is 5.39. The lowest BCUT2D eigenvalue weighted by atomic mass is 10.1. The summed E-state index contributed by atoms with van der Waals surface area (Å²) in [6.45, 7) is 5.96. The second kappa shape index (κ2) is 9.41. The van der Waals surface area contributed by atoms with Crippen molar-refractivity contribution in [2.45, 2.75) is 32.9 Å². The third kappa shape index (κ3) is 4.54. The second-order valence-electron chi connectivity index (χ2n) is 7.80. The van der Waals surface area contributed by atoms with Gasteiger partial charge in [-0.3, -0.25) is 4.79 Å². The molecule has 0 radical (unpaired) electrons. The number of nitrogens with zero attached hydrogens (tertiary/aromatic N) is 3. The lowest BCUT2D eigenvalue weighted by Gasteiger charge is -2.26. The molecule has 33 heavy (non-hydrogen) atoms. The summed E-state index contributed by atoms with van der Waals surface area (Å²) in [7, 11) is 0. The van der Waals surface area contributed by atoms with Gasteiger partial charge in [-0.1, -0.05) is 35.4 Å². The van der Waals surface area contributed by atoms with E-state index in [4.69, 9.17) is 27.9 Å². The van der Waals surface area contributed by atoms with Crippen molar-refractivity contribution in [1.29, 1.82) is 0 Å². The van der Waals surface area contributed by atoms with Gasteiger partial charge in [0.15, 0.2) is 5.69 Å². The molecule has 0 saturated carbocycles. The Morgan fingerprint density at radius 1 is 1.00 bits per heavy atom. The average molecular weight is 484 g/mol. The van der Waals surface area contributed by atoms with Crippen molar-refractivity contribution >= 4 is 35.1 Å². The number of carbonyl (C=O) groups excluding carboxylic acids is 2. The third-order valence-electron chi connectivity index (χ3n) is 5.54. The number of hydrogen-bond acceptors (Lipinski definition) is 4. The number of benzene rings is 2. The molecule has 1 aliphatic rings. The Bertz CT molecular complexity index is 1220. The van der Waals surface area contributed by atoms with Gasteiger partial charge in [0.05, 0.1) is 23.0 Å². The number of ether oxygens (including phenoxy) is 1. The molecule has 6 nitrogen and oxygen atoms in total. The summed E-state index contributed by atoms with van der Waals surface area (Å²) < 4.78 is 6.73. The minimum absolute atomic E-state index is 0.0415.